The van der Waals surface area contributed by atoms with Gasteiger partial charge in [-0.2, -0.15) is 0 Å². The maximum Gasteiger partial charge on any atom is 0.223 e. The van der Waals surface area contributed by atoms with Crippen LogP contribution < -0.4 is 0 Å². The fraction of sp³-hybridized carbons (Fsp3) is 0.0714. The predicted molar refractivity (Wildman–Crippen MR) is 74.3 cm³/mol. The first-order valence-electron chi connectivity index (χ1n) is 5.70. The van der Waals surface area contributed by atoms with Crippen LogP contribution in [0.1, 0.15) is 5.56 Å². The van der Waals surface area contributed by atoms with Crippen LogP contribution in [0.5, 0.6) is 0 Å². The molecule has 1 aliphatic heterocycles. The number of rotatable bonds is 1. The molecule has 20 heavy (non-hydrogen) atoms. The lowest BCUT2D eigenvalue weighted by atomic mass is 10.0. The molecule has 1 aromatic carbocycles. The van der Waals surface area contributed by atoms with E-state index in [-0.39, 0.29) is 5.90 Å². The number of ether oxygens (including phenoxy) is 1. The third-order valence-electron chi connectivity index (χ3n) is 2.91. The smallest absolute Gasteiger partial charge is 0.223 e. The van der Waals surface area contributed by atoms with Gasteiger partial charge in [0, 0.05) is 5.57 Å². The highest BCUT2D eigenvalue weighted by atomic mass is 35.5. The molecule has 2 aliphatic rings. The summed E-state index contributed by atoms with van der Waals surface area (Å²) in [5.41, 5.74) is 0.934. The summed E-state index contributed by atoms with van der Waals surface area (Å²) in [6.45, 7) is 0. The summed E-state index contributed by atoms with van der Waals surface area (Å²) in [7, 11) is 0. The van der Waals surface area contributed by atoms with Crippen LogP contribution >= 0.6 is 23.2 Å². The zero-order chi connectivity index (χ0) is 14.3. The minimum Gasteiger partial charge on any atom is -0.446 e. The number of allylic oxidation sites excluding steroid dienone is 2. The summed E-state index contributed by atoms with van der Waals surface area (Å²) in [4.78, 5) is 4.22. The average molecular weight is 314 g/mol. The fourth-order valence-corrected chi connectivity index (χ4v) is 2.29. The Balaban J connectivity index is 2.00. The second kappa shape index (κ2) is 5.04. The van der Waals surface area contributed by atoms with E-state index in [2.05, 4.69) is 4.99 Å². The van der Waals surface area contributed by atoms with E-state index >= 15 is 0 Å². The van der Waals surface area contributed by atoms with Gasteiger partial charge in [-0.05, 0) is 24.3 Å². The van der Waals surface area contributed by atoms with Gasteiger partial charge in [0.2, 0.25) is 5.90 Å². The summed E-state index contributed by atoms with van der Waals surface area (Å²) in [6.07, 6.45) is 3.47. The van der Waals surface area contributed by atoms with E-state index in [0.717, 1.165) is 12.2 Å². The van der Waals surface area contributed by atoms with E-state index < -0.39 is 17.7 Å². The van der Waals surface area contributed by atoms with Crippen LogP contribution in [0.25, 0.3) is 0 Å². The Morgan fingerprint density at radius 3 is 2.75 bits per heavy atom. The van der Waals surface area contributed by atoms with Crippen molar-refractivity contribution < 1.29 is 13.5 Å². The first-order chi connectivity index (χ1) is 9.56. The summed E-state index contributed by atoms with van der Waals surface area (Å²) in [5, 5.41) is 0.660. The van der Waals surface area contributed by atoms with E-state index in [0.29, 0.717) is 21.2 Å². The normalized spacial score (nSPS) is 21.1. The molecule has 0 saturated heterocycles. The molecule has 3 rings (SSSR count). The van der Waals surface area contributed by atoms with Gasteiger partial charge in [0.25, 0.3) is 0 Å². The molecular weight excluding hydrogens is 307 g/mol. The monoisotopic (exact) mass is 313 g/mol. The molecule has 0 radical (unpaired) electrons. The molecule has 6 heteroatoms. The van der Waals surface area contributed by atoms with Crippen LogP contribution in [-0.2, 0) is 4.74 Å². The maximum atomic E-state index is 13.3. The summed E-state index contributed by atoms with van der Waals surface area (Å²) < 4.78 is 31.7. The van der Waals surface area contributed by atoms with Crippen molar-refractivity contribution in [2.24, 2.45) is 4.99 Å². The second-order valence-corrected chi connectivity index (χ2v) is 5.01. The summed E-state index contributed by atoms with van der Waals surface area (Å²) >= 11 is 12.0. The number of aliphatic imine (C=N–C) groups is 1. The number of nitrogens with zero attached hydrogens (tertiary/aromatic N) is 1. The van der Waals surface area contributed by atoms with E-state index in [1.165, 1.54) is 6.26 Å². The minimum atomic E-state index is -0.936. The number of hydrogen-bond donors (Lipinski definition) is 0. The molecule has 2 nitrogen and oxygen atoms in total. The molecule has 1 unspecified atom stereocenters. The van der Waals surface area contributed by atoms with Gasteiger partial charge in [0.15, 0.2) is 11.7 Å². The van der Waals surface area contributed by atoms with Gasteiger partial charge >= 0.3 is 0 Å². The molecule has 0 spiro atoms. The quantitative estimate of drug-likeness (QED) is 0.733. The van der Waals surface area contributed by atoms with Crippen LogP contribution in [0, 0.1) is 0 Å². The van der Waals surface area contributed by atoms with E-state index in [1.54, 1.807) is 18.2 Å². The van der Waals surface area contributed by atoms with Crippen molar-refractivity contribution in [3.8, 4) is 0 Å². The Morgan fingerprint density at radius 1 is 1.15 bits per heavy atom. The van der Waals surface area contributed by atoms with E-state index in [1.807, 2.05) is 0 Å². The van der Waals surface area contributed by atoms with Gasteiger partial charge in [-0.1, -0.05) is 29.3 Å². The van der Waals surface area contributed by atoms with Crippen molar-refractivity contribution in [3.05, 3.63) is 69.4 Å². The molecule has 1 heterocycles. The highest BCUT2D eigenvalue weighted by Crippen LogP contribution is 2.32. The molecule has 0 N–H and O–H groups in total. The molecule has 102 valence electrons. The minimum absolute atomic E-state index is 0.214. The van der Waals surface area contributed by atoms with Crippen molar-refractivity contribution >= 4 is 29.1 Å². The standard InChI is InChI=1S/C14H7Cl2F2NO/c15-9-3-1-2-8(13(9)16)14-19-12-5-11(18)10(17)4-7(12)6-20-14/h1-6,12H. The Kier molecular flexibility index (Phi) is 3.36. The molecule has 0 fully saturated rings. The molecule has 0 bridgehead atoms. The Labute approximate surface area is 123 Å². The Hall–Kier alpha value is -1.65. The first-order valence-corrected chi connectivity index (χ1v) is 6.45. The van der Waals surface area contributed by atoms with Gasteiger partial charge in [-0.15, -0.1) is 0 Å². The molecule has 1 aliphatic carbocycles. The zero-order valence-corrected chi connectivity index (χ0v) is 11.4. The molecule has 1 aromatic rings. The highest BCUT2D eigenvalue weighted by molar-refractivity contribution is 6.43. The number of fused-ring (bicyclic) bond motifs is 1. The zero-order valence-electron chi connectivity index (χ0n) is 9.91. The maximum absolute atomic E-state index is 13.3. The van der Waals surface area contributed by atoms with Crippen LogP contribution in [0.2, 0.25) is 10.0 Å². The van der Waals surface area contributed by atoms with Gasteiger partial charge in [-0.25, -0.2) is 13.8 Å². The third-order valence-corrected chi connectivity index (χ3v) is 3.73. The average Bonchev–Trinajstić information content (AvgIpc) is 2.43. The fourth-order valence-electron chi connectivity index (χ4n) is 1.91. The lowest BCUT2D eigenvalue weighted by molar-refractivity contribution is 0.444. The SMILES string of the molecule is FC1=CC2=COC(c3cccc(Cl)c3Cl)=NC2C=C1F. The largest absolute Gasteiger partial charge is 0.446 e. The molecule has 0 aromatic heterocycles. The van der Waals surface area contributed by atoms with Crippen LogP contribution in [0.4, 0.5) is 8.78 Å². The van der Waals surface area contributed by atoms with Gasteiger partial charge in [0.1, 0.15) is 6.04 Å². The van der Waals surface area contributed by atoms with Crippen molar-refractivity contribution in [3.63, 3.8) is 0 Å². The second-order valence-electron chi connectivity index (χ2n) is 4.22. The van der Waals surface area contributed by atoms with E-state index in [9.17, 15) is 8.78 Å². The number of hydrogen-bond acceptors (Lipinski definition) is 2. The lowest BCUT2D eigenvalue weighted by Gasteiger charge is -2.21. The number of halogens is 4. The molecule has 1 atom stereocenters. The lowest BCUT2D eigenvalue weighted by Crippen LogP contribution is -2.19. The van der Waals surface area contributed by atoms with Crippen molar-refractivity contribution in [1.29, 1.82) is 0 Å². The van der Waals surface area contributed by atoms with Crippen molar-refractivity contribution in [1.82, 2.24) is 0 Å². The summed E-state index contributed by atoms with van der Waals surface area (Å²) in [6, 6.07) is 4.39. The van der Waals surface area contributed by atoms with Gasteiger partial charge in [0.05, 0.1) is 21.9 Å². The van der Waals surface area contributed by atoms with Crippen LogP contribution in [0.15, 0.2) is 58.8 Å². The van der Waals surface area contributed by atoms with Crippen LogP contribution in [0.3, 0.4) is 0 Å². The molecule has 0 amide bonds. The van der Waals surface area contributed by atoms with Gasteiger partial charge in [-0.3, -0.25) is 0 Å². The highest BCUT2D eigenvalue weighted by Gasteiger charge is 2.25. The number of benzene rings is 1. The van der Waals surface area contributed by atoms with Crippen molar-refractivity contribution in [2.45, 2.75) is 6.04 Å². The molecular formula is C14H7Cl2F2NO. The summed E-state index contributed by atoms with van der Waals surface area (Å²) in [5.74, 6) is -1.66. The van der Waals surface area contributed by atoms with E-state index in [4.69, 9.17) is 27.9 Å². The third kappa shape index (κ3) is 2.25. The van der Waals surface area contributed by atoms with Crippen molar-refractivity contribution in [2.75, 3.05) is 0 Å². The molecule has 0 saturated carbocycles. The topological polar surface area (TPSA) is 21.6 Å². The predicted octanol–water partition coefficient (Wildman–Crippen LogP) is 4.74. The Bertz CT molecular complexity index is 707. The van der Waals surface area contributed by atoms with Gasteiger partial charge < -0.3 is 4.74 Å². The first kappa shape index (κ1) is 13.3. The van der Waals surface area contributed by atoms with Crippen LogP contribution in [-0.4, -0.2) is 11.9 Å². The Morgan fingerprint density at radius 2 is 1.95 bits per heavy atom.